The van der Waals surface area contributed by atoms with Crippen LogP contribution in [0.25, 0.3) is 0 Å². The summed E-state index contributed by atoms with van der Waals surface area (Å²) in [6, 6.07) is 7.81. The van der Waals surface area contributed by atoms with Crippen molar-refractivity contribution < 1.29 is 9.90 Å². The van der Waals surface area contributed by atoms with E-state index in [0.717, 1.165) is 30.1 Å². The molecule has 1 fully saturated rings. The molecule has 0 amide bonds. The Balaban J connectivity index is 2.03. The average molecular weight is 254 g/mol. The van der Waals surface area contributed by atoms with Gasteiger partial charge in [0, 0.05) is 17.6 Å². The van der Waals surface area contributed by atoms with Gasteiger partial charge in [0.1, 0.15) is 0 Å². The van der Waals surface area contributed by atoms with Crippen LogP contribution in [-0.4, -0.2) is 28.6 Å². The Labute approximate surface area is 106 Å². The van der Waals surface area contributed by atoms with E-state index in [-0.39, 0.29) is 12.0 Å². The van der Waals surface area contributed by atoms with E-state index in [1.54, 1.807) is 0 Å². The maximum Gasteiger partial charge on any atom is 0.308 e. The summed E-state index contributed by atoms with van der Waals surface area (Å²) >= 11 is 5.93. The van der Waals surface area contributed by atoms with Gasteiger partial charge in [0.15, 0.2) is 0 Å². The second-order valence-electron chi connectivity index (χ2n) is 4.57. The number of carboxylic acids is 1. The lowest BCUT2D eigenvalue weighted by molar-refractivity contribution is -0.142. The van der Waals surface area contributed by atoms with Crippen molar-refractivity contribution in [3.05, 3.63) is 34.9 Å². The first kappa shape index (κ1) is 12.4. The van der Waals surface area contributed by atoms with Gasteiger partial charge in [-0.2, -0.15) is 0 Å². The molecule has 3 nitrogen and oxygen atoms in total. The largest absolute Gasteiger partial charge is 0.481 e. The molecule has 1 heterocycles. The summed E-state index contributed by atoms with van der Waals surface area (Å²) in [4.78, 5) is 13.2. The van der Waals surface area contributed by atoms with Gasteiger partial charge in [0.05, 0.1) is 5.92 Å². The Morgan fingerprint density at radius 1 is 1.59 bits per heavy atom. The van der Waals surface area contributed by atoms with Gasteiger partial charge in [-0.05, 0) is 37.6 Å². The Hall–Kier alpha value is -1.06. The Morgan fingerprint density at radius 3 is 2.94 bits per heavy atom. The van der Waals surface area contributed by atoms with Crippen LogP contribution in [0.4, 0.5) is 0 Å². The number of carbonyl (C=O) groups is 1. The van der Waals surface area contributed by atoms with Crippen LogP contribution in [0, 0.1) is 5.92 Å². The van der Waals surface area contributed by atoms with Crippen LogP contribution in [0.15, 0.2) is 24.3 Å². The maximum absolute atomic E-state index is 11.0. The van der Waals surface area contributed by atoms with E-state index >= 15 is 0 Å². The van der Waals surface area contributed by atoms with Gasteiger partial charge in [-0.15, -0.1) is 0 Å². The number of carboxylic acid groups (broad SMARTS) is 1. The summed E-state index contributed by atoms with van der Waals surface area (Å²) < 4.78 is 0. The maximum atomic E-state index is 11.0. The van der Waals surface area contributed by atoms with Crippen LogP contribution in [0.2, 0.25) is 5.02 Å². The Morgan fingerprint density at radius 2 is 2.35 bits per heavy atom. The Kier molecular flexibility index (Phi) is 3.69. The third kappa shape index (κ3) is 2.79. The lowest BCUT2D eigenvalue weighted by atomic mass is 10.0. The zero-order valence-electron chi connectivity index (χ0n) is 9.77. The zero-order chi connectivity index (χ0) is 12.4. The third-order valence-corrected chi connectivity index (χ3v) is 3.71. The van der Waals surface area contributed by atoms with E-state index in [9.17, 15) is 4.79 Å². The van der Waals surface area contributed by atoms with Gasteiger partial charge in [0.25, 0.3) is 0 Å². The fourth-order valence-electron chi connectivity index (χ4n) is 2.43. The SMILES string of the molecule is CC1C(C(=O)O)CCN1Cc1cccc(Cl)c1. The van der Waals surface area contributed by atoms with Crippen LogP contribution in [0.5, 0.6) is 0 Å². The topological polar surface area (TPSA) is 40.5 Å². The van der Waals surface area contributed by atoms with Crippen molar-refractivity contribution in [3.63, 3.8) is 0 Å². The van der Waals surface area contributed by atoms with Gasteiger partial charge >= 0.3 is 5.97 Å². The number of aliphatic carboxylic acids is 1. The van der Waals surface area contributed by atoms with Crippen molar-refractivity contribution in [2.45, 2.75) is 25.9 Å². The van der Waals surface area contributed by atoms with Crippen molar-refractivity contribution >= 4 is 17.6 Å². The lowest BCUT2D eigenvalue weighted by Gasteiger charge is -2.23. The van der Waals surface area contributed by atoms with Crippen molar-refractivity contribution in [1.29, 1.82) is 0 Å². The molecule has 0 aromatic heterocycles. The van der Waals surface area contributed by atoms with Crippen LogP contribution >= 0.6 is 11.6 Å². The average Bonchev–Trinajstić information content (AvgIpc) is 2.61. The molecule has 4 heteroatoms. The number of rotatable bonds is 3. The molecule has 1 aromatic rings. The normalized spacial score (nSPS) is 25.1. The molecule has 0 bridgehead atoms. The van der Waals surface area contributed by atoms with E-state index in [2.05, 4.69) is 4.90 Å². The predicted octanol–water partition coefficient (Wildman–Crippen LogP) is 2.64. The van der Waals surface area contributed by atoms with Gasteiger partial charge in [-0.1, -0.05) is 23.7 Å². The molecule has 0 saturated carbocycles. The smallest absolute Gasteiger partial charge is 0.308 e. The number of hydrogen-bond acceptors (Lipinski definition) is 2. The van der Waals surface area contributed by atoms with Crippen molar-refractivity contribution in [2.75, 3.05) is 6.54 Å². The van der Waals surface area contributed by atoms with Gasteiger partial charge in [-0.3, -0.25) is 9.69 Å². The molecule has 1 aromatic carbocycles. The monoisotopic (exact) mass is 253 g/mol. The number of halogens is 1. The fourth-order valence-corrected chi connectivity index (χ4v) is 2.64. The molecular formula is C13H16ClNO2. The first-order valence-electron chi connectivity index (χ1n) is 5.79. The molecule has 92 valence electrons. The van der Waals surface area contributed by atoms with Crippen LogP contribution < -0.4 is 0 Å². The second-order valence-corrected chi connectivity index (χ2v) is 5.01. The molecule has 0 radical (unpaired) electrons. The van der Waals surface area contributed by atoms with Crippen molar-refractivity contribution in [3.8, 4) is 0 Å². The summed E-state index contributed by atoms with van der Waals surface area (Å²) in [7, 11) is 0. The summed E-state index contributed by atoms with van der Waals surface area (Å²) in [5.74, 6) is -0.930. The molecular weight excluding hydrogens is 238 g/mol. The highest BCUT2D eigenvalue weighted by Crippen LogP contribution is 2.26. The van der Waals surface area contributed by atoms with Gasteiger partial charge in [0.2, 0.25) is 0 Å². The minimum atomic E-state index is -0.689. The molecule has 2 rings (SSSR count). The molecule has 0 aliphatic carbocycles. The van der Waals surface area contributed by atoms with E-state index in [0.29, 0.717) is 0 Å². The summed E-state index contributed by atoms with van der Waals surface area (Å²) in [5, 5.41) is 9.79. The zero-order valence-corrected chi connectivity index (χ0v) is 10.5. The number of nitrogens with zero attached hydrogens (tertiary/aromatic N) is 1. The highest BCUT2D eigenvalue weighted by Gasteiger charge is 2.35. The molecule has 1 saturated heterocycles. The molecule has 1 N–H and O–H groups in total. The number of likely N-dealkylation sites (tertiary alicyclic amines) is 1. The first-order valence-corrected chi connectivity index (χ1v) is 6.17. The van der Waals surface area contributed by atoms with E-state index in [4.69, 9.17) is 16.7 Å². The standard InChI is InChI=1S/C13H16ClNO2/c1-9-12(13(16)17)5-6-15(9)8-10-3-2-4-11(14)7-10/h2-4,7,9,12H,5-6,8H2,1H3,(H,16,17). The predicted molar refractivity (Wildman–Crippen MR) is 67.1 cm³/mol. The molecule has 2 unspecified atom stereocenters. The molecule has 0 spiro atoms. The number of hydrogen-bond donors (Lipinski definition) is 1. The summed E-state index contributed by atoms with van der Waals surface area (Å²) in [6.45, 7) is 3.59. The van der Waals surface area contributed by atoms with Crippen LogP contribution in [-0.2, 0) is 11.3 Å². The van der Waals surface area contributed by atoms with Crippen LogP contribution in [0.3, 0.4) is 0 Å². The highest BCUT2D eigenvalue weighted by atomic mass is 35.5. The second kappa shape index (κ2) is 5.07. The summed E-state index contributed by atoms with van der Waals surface area (Å²) in [6.07, 6.45) is 0.733. The van der Waals surface area contributed by atoms with Crippen molar-refractivity contribution in [2.24, 2.45) is 5.92 Å². The van der Waals surface area contributed by atoms with E-state index < -0.39 is 5.97 Å². The lowest BCUT2D eigenvalue weighted by Crippen LogP contribution is -2.32. The quantitative estimate of drug-likeness (QED) is 0.900. The first-order chi connectivity index (χ1) is 8.08. The van der Waals surface area contributed by atoms with Gasteiger partial charge < -0.3 is 5.11 Å². The highest BCUT2D eigenvalue weighted by molar-refractivity contribution is 6.30. The Bertz CT molecular complexity index is 422. The van der Waals surface area contributed by atoms with Crippen LogP contribution in [0.1, 0.15) is 18.9 Å². The molecule has 1 aliphatic heterocycles. The third-order valence-electron chi connectivity index (χ3n) is 3.48. The molecule has 1 aliphatic rings. The van der Waals surface area contributed by atoms with Gasteiger partial charge in [-0.25, -0.2) is 0 Å². The number of benzene rings is 1. The molecule has 17 heavy (non-hydrogen) atoms. The fraction of sp³-hybridized carbons (Fsp3) is 0.462. The van der Waals surface area contributed by atoms with E-state index in [1.165, 1.54) is 0 Å². The minimum Gasteiger partial charge on any atom is -0.481 e. The van der Waals surface area contributed by atoms with Crippen molar-refractivity contribution in [1.82, 2.24) is 4.90 Å². The van der Waals surface area contributed by atoms with E-state index in [1.807, 2.05) is 31.2 Å². The minimum absolute atomic E-state index is 0.0893. The molecule has 2 atom stereocenters. The summed E-state index contributed by atoms with van der Waals surface area (Å²) in [5.41, 5.74) is 1.13.